The Morgan fingerprint density at radius 2 is 1.87 bits per heavy atom. The second kappa shape index (κ2) is 6.48. The maximum atomic E-state index is 12.1. The van der Waals surface area contributed by atoms with Crippen LogP contribution in [0.4, 0.5) is 0 Å². The molecule has 0 saturated heterocycles. The van der Waals surface area contributed by atoms with Crippen molar-refractivity contribution in [1.82, 2.24) is 0 Å². The van der Waals surface area contributed by atoms with Crippen molar-refractivity contribution in [3.63, 3.8) is 0 Å². The smallest absolute Gasteiger partial charge is 0.343 e. The van der Waals surface area contributed by atoms with Crippen LogP contribution in [0.5, 0.6) is 5.75 Å². The summed E-state index contributed by atoms with van der Waals surface area (Å²) in [4.78, 5) is 23.7. The molecule has 1 aromatic heterocycles. The van der Waals surface area contributed by atoms with E-state index < -0.39 is 11.6 Å². The minimum atomic E-state index is -0.447. The van der Waals surface area contributed by atoms with E-state index in [1.165, 1.54) is 6.07 Å². The molecule has 0 aliphatic heterocycles. The van der Waals surface area contributed by atoms with Crippen LogP contribution in [0.3, 0.4) is 0 Å². The molecule has 0 N–H and O–H groups in total. The highest BCUT2D eigenvalue weighted by Crippen LogP contribution is 2.24. The molecule has 0 fully saturated rings. The number of hydrogen-bond acceptors (Lipinski definition) is 4. The van der Waals surface area contributed by atoms with Gasteiger partial charge in [0, 0.05) is 17.5 Å². The van der Waals surface area contributed by atoms with Crippen molar-refractivity contribution in [3.05, 3.63) is 76.1 Å². The van der Waals surface area contributed by atoms with Crippen molar-refractivity contribution < 1.29 is 13.9 Å². The van der Waals surface area contributed by atoms with Crippen LogP contribution in [0.15, 0.2) is 63.8 Å². The zero-order chi connectivity index (χ0) is 16.2. The molecule has 2 aromatic carbocycles. The lowest BCUT2D eigenvalue weighted by molar-refractivity contribution is 0.0735. The zero-order valence-corrected chi connectivity index (χ0v) is 12.7. The summed E-state index contributed by atoms with van der Waals surface area (Å²) in [5, 5.41) is 0.867. The van der Waals surface area contributed by atoms with Crippen molar-refractivity contribution in [1.29, 1.82) is 0 Å². The number of hydrogen-bond donors (Lipinski definition) is 0. The van der Waals surface area contributed by atoms with E-state index in [0.29, 0.717) is 16.9 Å². The number of ether oxygens (including phenoxy) is 1. The Hall–Kier alpha value is -2.88. The van der Waals surface area contributed by atoms with Gasteiger partial charge >= 0.3 is 11.6 Å². The third-order valence-electron chi connectivity index (χ3n) is 3.54. The van der Waals surface area contributed by atoms with Gasteiger partial charge in [-0.3, -0.25) is 0 Å². The van der Waals surface area contributed by atoms with Gasteiger partial charge < -0.3 is 9.15 Å². The quantitative estimate of drug-likeness (QED) is 0.416. The molecular formula is C19H16O4. The van der Waals surface area contributed by atoms with E-state index in [4.69, 9.17) is 9.15 Å². The van der Waals surface area contributed by atoms with Crippen LogP contribution in [0.25, 0.3) is 11.0 Å². The molecule has 0 saturated carbocycles. The molecule has 0 aliphatic rings. The Balaban J connectivity index is 1.94. The fraction of sp³-hybridized carbons (Fsp3) is 0.158. The van der Waals surface area contributed by atoms with Gasteiger partial charge in [-0.2, -0.15) is 0 Å². The van der Waals surface area contributed by atoms with Gasteiger partial charge in [-0.25, -0.2) is 9.59 Å². The third kappa shape index (κ3) is 3.31. The topological polar surface area (TPSA) is 56.5 Å². The second-order valence-electron chi connectivity index (χ2n) is 5.25. The first-order valence-electron chi connectivity index (χ1n) is 7.51. The van der Waals surface area contributed by atoms with Gasteiger partial charge in [-0.15, -0.1) is 0 Å². The first kappa shape index (κ1) is 15.0. The molecule has 3 aromatic rings. The van der Waals surface area contributed by atoms with E-state index in [9.17, 15) is 9.59 Å². The highest BCUT2D eigenvalue weighted by Gasteiger charge is 2.10. The van der Waals surface area contributed by atoms with Crippen molar-refractivity contribution >= 4 is 16.9 Å². The van der Waals surface area contributed by atoms with Crippen LogP contribution in [0, 0.1) is 0 Å². The van der Waals surface area contributed by atoms with Gasteiger partial charge in [0.1, 0.15) is 11.3 Å². The van der Waals surface area contributed by atoms with Crippen LogP contribution in [0.2, 0.25) is 0 Å². The molecule has 0 unspecified atom stereocenters. The maximum absolute atomic E-state index is 12.1. The molecule has 23 heavy (non-hydrogen) atoms. The number of fused-ring (bicyclic) bond motifs is 1. The summed E-state index contributed by atoms with van der Waals surface area (Å²) < 4.78 is 10.6. The normalized spacial score (nSPS) is 10.7. The van der Waals surface area contributed by atoms with Gasteiger partial charge in [0.15, 0.2) is 0 Å². The van der Waals surface area contributed by atoms with E-state index >= 15 is 0 Å². The van der Waals surface area contributed by atoms with Gasteiger partial charge in [0.2, 0.25) is 0 Å². The number of esters is 1. The number of carbonyl (C=O) groups excluding carboxylic acids is 1. The van der Waals surface area contributed by atoms with E-state index in [0.717, 1.165) is 23.8 Å². The minimum Gasteiger partial charge on any atom is -0.423 e. The van der Waals surface area contributed by atoms with E-state index in [2.05, 4.69) is 6.92 Å². The van der Waals surface area contributed by atoms with Crippen LogP contribution in [0.1, 0.15) is 29.3 Å². The summed E-state index contributed by atoms with van der Waals surface area (Å²) in [5.41, 5.74) is 1.44. The molecule has 4 nitrogen and oxygen atoms in total. The minimum absolute atomic E-state index is 0.350. The largest absolute Gasteiger partial charge is 0.423 e. The molecule has 1 heterocycles. The number of carbonyl (C=O) groups is 1. The summed E-state index contributed by atoms with van der Waals surface area (Å²) in [5.74, 6) is -0.0971. The number of aryl methyl sites for hydroxylation is 1. The lowest BCUT2D eigenvalue weighted by Gasteiger charge is -2.07. The summed E-state index contributed by atoms with van der Waals surface area (Å²) in [6.45, 7) is 2.05. The van der Waals surface area contributed by atoms with Crippen molar-refractivity contribution in [3.8, 4) is 5.75 Å². The Kier molecular flexibility index (Phi) is 4.24. The van der Waals surface area contributed by atoms with Gasteiger partial charge in [-0.1, -0.05) is 31.5 Å². The molecule has 0 atom stereocenters. The van der Waals surface area contributed by atoms with E-state index in [1.807, 2.05) is 12.1 Å². The zero-order valence-electron chi connectivity index (χ0n) is 12.7. The van der Waals surface area contributed by atoms with Gasteiger partial charge in [-0.05, 0) is 36.2 Å². The van der Waals surface area contributed by atoms with Crippen LogP contribution in [-0.2, 0) is 6.42 Å². The average Bonchev–Trinajstić information content (AvgIpc) is 2.55. The molecule has 0 amide bonds. The van der Waals surface area contributed by atoms with Crippen LogP contribution < -0.4 is 10.4 Å². The summed E-state index contributed by atoms with van der Waals surface area (Å²) in [7, 11) is 0. The predicted molar refractivity (Wildman–Crippen MR) is 87.9 cm³/mol. The molecule has 116 valence electrons. The lowest BCUT2D eigenvalue weighted by atomic mass is 10.1. The lowest BCUT2D eigenvalue weighted by Crippen LogP contribution is -2.08. The van der Waals surface area contributed by atoms with Crippen LogP contribution >= 0.6 is 0 Å². The fourth-order valence-corrected chi connectivity index (χ4v) is 2.49. The monoisotopic (exact) mass is 308 g/mol. The molecule has 0 radical (unpaired) electrons. The number of benzene rings is 2. The van der Waals surface area contributed by atoms with Crippen molar-refractivity contribution in [2.75, 3.05) is 0 Å². The summed E-state index contributed by atoms with van der Waals surface area (Å²) in [6, 6.07) is 15.4. The van der Waals surface area contributed by atoms with E-state index in [1.54, 1.807) is 36.4 Å². The Morgan fingerprint density at radius 1 is 1.09 bits per heavy atom. The van der Waals surface area contributed by atoms with Crippen molar-refractivity contribution in [2.45, 2.75) is 19.8 Å². The Bertz CT molecular complexity index is 894. The number of rotatable bonds is 4. The molecule has 0 aliphatic carbocycles. The van der Waals surface area contributed by atoms with E-state index in [-0.39, 0.29) is 0 Å². The Labute approximate surface area is 133 Å². The molecule has 0 bridgehead atoms. The predicted octanol–water partition coefficient (Wildman–Crippen LogP) is 3.96. The van der Waals surface area contributed by atoms with Gasteiger partial charge in [0.25, 0.3) is 0 Å². The average molecular weight is 308 g/mol. The third-order valence-corrected chi connectivity index (χ3v) is 3.54. The van der Waals surface area contributed by atoms with Crippen LogP contribution in [-0.4, -0.2) is 5.97 Å². The second-order valence-corrected chi connectivity index (χ2v) is 5.25. The highest BCUT2D eigenvalue weighted by molar-refractivity contribution is 5.91. The summed E-state index contributed by atoms with van der Waals surface area (Å²) in [6.07, 6.45) is 1.73. The standard InChI is InChI=1S/C19H16O4/c1-2-6-14-11-18(20)23-17-12-15(9-10-16(14)17)22-19(21)13-7-4-3-5-8-13/h3-5,7-12H,2,6H2,1H3. The molecule has 4 heteroatoms. The van der Waals surface area contributed by atoms with Gasteiger partial charge in [0.05, 0.1) is 5.56 Å². The molecular weight excluding hydrogens is 292 g/mol. The SMILES string of the molecule is CCCc1cc(=O)oc2cc(OC(=O)c3ccccc3)ccc12. The highest BCUT2D eigenvalue weighted by atomic mass is 16.5. The fourth-order valence-electron chi connectivity index (χ4n) is 2.49. The summed E-state index contributed by atoms with van der Waals surface area (Å²) >= 11 is 0. The van der Waals surface area contributed by atoms with Crippen molar-refractivity contribution in [2.24, 2.45) is 0 Å². The first-order chi connectivity index (χ1) is 11.2. The maximum Gasteiger partial charge on any atom is 0.343 e. The Morgan fingerprint density at radius 3 is 2.61 bits per heavy atom. The molecule has 3 rings (SSSR count). The first-order valence-corrected chi connectivity index (χ1v) is 7.51. The molecule has 0 spiro atoms.